The van der Waals surface area contributed by atoms with Gasteiger partial charge in [0.05, 0.1) is 18.1 Å². The molecule has 0 aliphatic heterocycles. The second-order valence-corrected chi connectivity index (χ2v) is 9.37. The van der Waals surface area contributed by atoms with Gasteiger partial charge < -0.3 is 5.11 Å². The van der Waals surface area contributed by atoms with Gasteiger partial charge in [0.2, 0.25) is 0 Å². The molecule has 0 aliphatic carbocycles. The van der Waals surface area contributed by atoms with Crippen LogP contribution in [0.3, 0.4) is 0 Å². The van der Waals surface area contributed by atoms with Crippen LogP contribution in [0, 0.1) is 0 Å². The van der Waals surface area contributed by atoms with Gasteiger partial charge in [-0.3, -0.25) is 0 Å². The molecule has 0 amide bonds. The Kier molecular flexibility index (Phi) is 5.87. The summed E-state index contributed by atoms with van der Waals surface area (Å²) >= 11 is 0. The first-order valence-electron chi connectivity index (χ1n) is 9.98. The zero-order valence-corrected chi connectivity index (χ0v) is 18.4. The van der Waals surface area contributed by atoms with Crippen molar-refractivity contribution < 1.29 is 5.11 Å². The molecule has 6 nitrogen and oxygen atoms in total. The topological polar surface area (TPSA) is 83.3 Å². The maximum absolute atomic E-state index is 10.8. The van der Waals surface area contributed by atoms with E-state index in [1.807, 2.05) is 42.5 Å². The monoisotopic (exact) mass is 403 g/mol. The Labute approximate surface area is 178 Å². The molecule has 30 heavy (non-hydrogen) atoms. The molecule has 0 unspecified atom stereocenters. The van der Waals surface area contributed by atoms with Gasteiger partial charge in [-0.05, 0) is 28.5 Å². The van der Waals surface area contributed by atoms with Gasteiger partial charge in [0.15, 0.2) is 0 Å². The lowest BCUT2D eigenvalue weighted by molar-refractivity contribution is 0.423. The highest BCUT2D eigenvalue weighted by Gasteiger charge is 2.26. The van der Waals surface area contributed by atoms with Gasteiger partial charge in [-0.15, -0.1) is 5.10 Å². The molecular weight excluding hydrogens is 374 g/mol. The van der Waals surface area contributed by atoms with Crippen LogP contribution in [-0.4, -0.2) is 26.5 Å². The van der Waals surface area contributed by atoms with Crippen LogP contribution in [-0.2, 0) is 10.8 Å². The molecule has 3 aromatic rings. The Morgan fingerprint density at radius 2 is 1.53 bits per heavy atom. The largest absolute Gasteiger partial charge is 0.507 e. The Morgan fingerprint density at radius 3 is 2.10 bits per heavy atom. The van der Waals surface area contributed by atoms with Crippen molar-refractivity contribution in [1.82, 2.24) is 15.2 Å². The molecule has 0 fully saturated rings. The standard InChI is InChI=1S/C24H29N5O/c1-23(2,3)18-12-16(13-19(21(18)30)24(4,5)6)14-25-28-22-27-20(15-26-29-22)17-10-8-7-9-11-17/h7-15,30H,1-6H3,(H,27,28,29)/b25-14-. The summed E-state index contributed by atoms with van der Waals surface area (Å²) in [4.78, 5) is 4.46. The number of benzene rings is 2. The summed E-state index contributed by atoms with van der Waals surface area (Å²) in [5.41, 5.74) is 6.82. The van der Waals surface area contributed by atoms with Crippen molar-refractivity contribution in [3.05, 3.63) is 65.4 Å². The molecule has 2 aromatic carbocycles. The second-order valence-electron chi connectivity index (χ2n) is 9.37. The molecule has 0 radical (unpaired) electrons. The average molecular weight is 404 g/mol. The van der Waals surface area contributed by atoms with E-state index in [9.17, 15) is 5.11 Å². The van der Waals surface area contributed by atoms with E-state index in [-0.39, 0.29) is 10.8 Å². The van der Waals surface area contributed by atoms with Crippen LogP contribution >= 0.6 is 0 Å². The summed E-state index contributed by atoms with van der Waals surface area (Å²) in [5, 5.41) is 23.1. The molecule has 1 heterocycles. The molecule has 0 spiro atoms. The van der Waals surface area contributed by atoms with E-state index in [4.69, 9.17) is 0 Å². The number of nitrogens with one attached hydrogen (secondary N) is 1. The number of hydrogen-bond acceptors (Lipinski definition) is 6. The Hall–Kier alpha value is -3.28. The van der Waals surface area contributed by atoms with E-state index >= 15 is 0 Å². The van der Waals surface area contributed by atoms with Crippen LogP contribution in [0.15, 0.2) is 53.8 Å². The first kappa shape index (κ1) is 21.4. The van der Waals surface area contributed by atoms with Crippen molar-refractivity contribution in [3.8, 4) is 17.0 Å². The van der Waals surface area contributed by atoms with Crippen LogP contribution in [0.5, 0.6) is 5.75 Å². The van der Waals surface area contributed by atoms with E-state index in [1.165, 1.54) is 0 Å². The van der Waals surface area contributed by atoms with Gasteiger partial charge in [0, 0.05) is 16.7 Å². The number of phenolic OH excluding ortho intramolecular Hbond substituents is 1. The summed E-state index contributed by atoms with van der Waals surface area (Å²) in [6, 6.07) is 13.7. The normalized spacial score (nSPS) is 12.3. The highest BCUT2D eigenvalue weighted by molar-refractivity contribution is 5.82. The number of aromatic hydroxyl groups is 1. The summed E-state index contributed by atoms with van der Waals surface area (Å²) in [5.74, 6) is 0.668. The molecule has 0 saturated carbocycles. The van der Waals surface area contributed by atoms with Crippen molar-refractivity contribution in [1.29, 1.82) is 0 Å². The van der Waals surface area contributed by atoms with E-state index in [0.717, 1.165) is 27.9 Å². The third kappa shape index (κ3) is 5.00. The van der Waals surface area contributed by atoms with Crippen LogP contribution in [0.25, 0.3) is 11.3 Å². The Balaban J connectivity index is 1.88. The van der Waals surface area contributed by atoms with E-state index < -0.39 is 0 Å². The van der Waals surface area contributed by atoms with Crippen LogP contribution in [0.1, 0.15) is 58.2 Å². The highest BCUT2D eigenvalue weighted by Crippen LogP contribution is 2.39. The lowest BCUT2D eigenvalue weighted by Gasteiger charge is -2.27. The third-order valence-electron chi connectivity index (χ3n) is 4.75. The SMILES string of the molecule is CC(C)(C)c1cc(/C=N\Nc2nncc(-c3ccccc3)n2)cc(C(C)(C)C)c1O. The number of rotatable bonds is 4. The summed E-state index contributed by atoms with van der Waals surface area (Å²) in [7, 11) is 0. The second kappa shape index (κ2) is 8.22. The molecule has 0 bridgehead atoms. The third-order valence-corrected chi connectivity index (χ3v) is 4.75. The van der Waals surface area contributed by atoms with Crippen molar-refractivity contribution in [3.63, 3.8) is 0 Å². The van der Waals surface area contributed by atoms with Crippen molar-refractivity contribution in [2.24, 2.45) is 5.10 Å². The van der Waals surface area contributed by atoms with E-state index in [0.29, 0.717) is 11.7 Å². The van der Waals surface area contributed by atoms with Gasteiger partial charge in [0.25, 0.3) is 5.95 Å². The van der Waals surface area contributed by atoms with Crippen LogP contribution in [0.2, 0.25) is 0 Å². The molecule has 156 valence electrons. The van der Waals surface area contributed by atoms with Gasteiger partial charge in [-0.25, -0.2) is 10.4 Å². The number of anilines is 1. The fourth-order valence-corrected chi connectivity index (χ4v) is 3.14. The molecule has 0 aliphatic rings. The lowest BCUT2D eigenvalue weighted by Crippen LogP contribution is -2.18. The predicted octanol–water partition coefficient (Wildman–Crippen LogP) is 5.29. The molecule has 6 heteroatoms. The predicted molar refractivity (Wildman–Crippen MR) is 122 cm³/mol. The minimum absolute atomic E-state index is 0.196. The van der Waals surface area contributed by atoms with Crippen LogP contribution < -0.4 is 5.43 Å². The number of phenols is 1. The summed E-state index contributed by atoms with van der Waals surface area (Å²) in [6.45, 7) is 12.5. The quantitative estimate of drug-likeness (QED) is 0.457. The molecular formula is C24H29N5O. The molecule has 0 saturated heterocycles. The van der Waals surface area contributed by atoms with Crippen LogP contribution in [0.4, 0.5) is 5.95 Å². The zero-order valence-electron chi connectivity index (χ0n) is 18.4. The molecule has 1 aromatic heterocycles. The van der Waals surface area contributed by atoms with Gasteiger partial charge >= 0.3 is 0 Å². The molecule has 2 N–H and O–H groups in total. The minimum atomic E-state index is -0.196. The van der Waals surface area contributed by atoms with Crippen molar-refractivity contribution in [2.75, 3.05) is 5.43 Å². The van der Waals surface area contributed by atoms with E-state index in [2.05, 4.69) is 67.3 Å². The fraction of sp³-hybridized carbons (Fsp3) is 0.333. The first-order valence-corrected chi connectivity index (χ1v) is 9.98. The van der Waals surface area contributed by atoms with Crippen molar-refractivity contribution >= 4 is 12.2 Å². The first-order chi connectivity index (χ1) is 14.1. The number of hydrazone groups is 1. The number of hydrogen-bond donors (Lipinski definition) is 2. The smallest absolute Gasteiger partial charge is 0.263 e. The molecule has 0 atom stereocenters. The average Bonchev–Trinajstić information content (AvgIpc) is 2.68. The fourth-order valence-electron chi connectivity index (χ4n) is 3.14. The maximum atomic E-state index is 10.8. The Bertz CT molecular complexity index is 1010. The van der Waals surface area contributed by atoms with E-state index in [1.54, 1.807) is 12.4 Å². The van der Waals surface area contributed by atoms with Gasteiger partial charge in [-0.1, -0.05) is 71.9 Å². The zero-order chi connectivity index (χ0) is 21.9. The molecule has 3 rings (SSSR count). The number of aromatic nitrogens is 3. The highest BCUT2D eigenvalue weighted by atomic mass is 16.3. The summed E-state index contributed by atoms with van der Waals surface area (Å²) in [6.07, 6.45) is 3.33. The maximum Gasteiger partial charge on any atom is 0.263 e. The number of nitrogens with zero attached hydrogens (tertiary/aromatic N) is 4. The summed E-state index contributed by atoms with van der Waals surface area (Å²) < 4.78 is 0. The van der Waals surface area contributed by atoms with Gasteiger partial charge in [-0.2, -0.15) is 10.2 Å². The van der Waals surface area contributed by atoms with Gasteiger partial charge in [0.1, 0.15) is 5.75 Å². The lowest BCUT2D eigenvalue weighted by atomic mass is 9.78. The minimum Gasteiger partial charge on any atom is -0.507 e. The van der Waals surface area contributed by atoms with Crippen molar-refractivity contribution in [2.45, 2.75) is 52.4 Å². The Morgan fingerprint density at radius 1 is 0.933 bits per heavy atom.